The van der Waals surface area contributed by atoms with Gasteiger partial charge in [0.1, 0.15) is 12.3 Å². The van der Waals surface area contributed by atoms with Crippen molar-refractivity contribution in [2.24, 2.45) is 0 Å². The summed E-state index contributed by atoms with van der Waals surface area (Å²) in [5.41, 5.74) is 3.26. The van der Waals surface area contributed by atoms with E-state index in [9.17, 15) is 14.4 Å². The van der Waals surface area contributed by atoms with E-state index >= 15 is 0 Å². The molecule has 0 bridgehead atoms. The third-order valence-corrected chi connectivity index (χ3v) is 6.89. The van der Waals surface area contributed by atoms with E-state index in [-0.39, 0.29) is 5.41 Å². The molecule has 1 atom stereocenters. The molecule has 1 saturated heterocycles. The molecule has 0 saturated carbocycles. The van der Waals surface area contributed by atoms with E-state index in [1.54, 1.807) is 18.2 Å². The zero-order chi connectivity index (χ0) is 27.0. The van der Waals surface area contributed by atoms with Crippen molar-refractivity contribution in [3.8, 4) is 5.75 Å². The molecule has 1 fully saturated rings. The van der Waals surface area contributed by atoms with Crippen molar-refractivity contribution in [2.45, 2.75) is 45.6 Å². The molecule has 7 heteroatoms. The number of ether oxygens (including phenoxy) is 1. The standard InChI is InChI=1S/C30H33N3O4/c1-19-12-13-23(16-20(19)2)30(21-10-8-7-9-11-21)27(35)33(28(36)32-30)18-26(34)31-24-17-22(29(3,4)5)14-15-25(24)37-6/h7-17H,18H2,1-6H3,(H,31,34)(H,32,36)/t30-/m1/s1. The highest BCUT2D eigenvalue weighted by Crippen LogP contribution is 2.37. The lowest BCUT2D eigenvalue weighted by Crippen LogP contribution is -2.45. The minimum atomic E-state index is -1.43. The summed E-state index contributed by atoms with van der Waals surface area (Å²) < 4.78 is 5.42. The first-order chi connectivity index (χ1) is 17.5. The first-order valence-electron chi connectivity index (χ1n) is 12.2. The van der Waals surface area contributed by atoms with Gasteiger partial charge in [0.25, 0.3) is 5.91 Å². The molecule has 4 amide bonds. The number of nitrogens with one attached hydrogen (secondary N) is 2. The first kappa shape index (κ1) is 25.9. The van der Waals surface area contributed by atoms with Crippen LogP contribution in [0.4, 0.5) is 10.5 Å². The van der Waals surface area contributed by atoms with Gasteiger partial charge in [0.05, 0.1) is 12.8 Å². The van der Waals surface area contributed by atoms with Crippen LogP contribution in [-0.4, -0.2) is 36.4 Å². The second-order valence-electron chi connectivity index (χ2n) is 10.4. The summed E-state index contributed by atoms with van der Waals surface area (Å²) in [4.78, 5) is 41.3. The highest BCUT2D eigenvalue weighted by atomic mass is 16.5. The van der Waals surface area contributed by atoms with Crippen LogP contribution >= 0.6 is 0 Å². The number of methoxy groups -OCH3 is 1. The number of aryl methyl sites for hydroxylation is 2. The highest BCUT2D eigenvalue weighted by Gasteiger charge is 2.54. The van der Waals surface area contributed by atoms with Crippen molar-refractivity contribution in [3.63, 3.8) is 0 Å². The summed E-state index contributed by atoms with van der Waals surface area (Å²) in [6.45, 7) is 9.73. The summed E-state index contributed by atoms with van der Waals surface area (Å²) >= 11 is 0. The predicted octanol–water partition coefficient (Wildman–Crippen LogP) is 5.04. The Morgan fingerprint density at radius 2 is 1.65 bits per heavy atom. The molecule has 1 aliphatic heterocycles. The third-order valence-electron chi connectivity index (χ3n) is 6.89. The van der Waals surface area contributed by atoms with E-state index in [1.165, 1.54) is 7.11 Å². The maximum Gasteiger partial charge on any atom is 0.326 e. The maximum atomic E-state index is 14.0. The number of imide groups is 1. The predicted molar refractivity (Wildman–Crippen MR) is 144 cm³/mol. The Morgan fingerprint density at radius 3 is 2.27 bits per heavy atom. The van der Waals surface area contributed by atoms with Crippen molar-refractivity contribution in [1.29, 1.82) is 0 Å². The minimum Gasteiger partial charge on any atom is -0.495 e. The molecular formula is C30H33N3O4. The average Bonchev–Trinajstić information content (AvgIpc) is 3.11. The Morgan fingerprint density at radius 1 is 0.946 bits per heavy atom. The summed E-state index contributed by atoms with van der Waals surface area (Å²) in [5, 5.41) is 5.73. The second-order valence-corrected chi connectivity index (χ2v) is 10.4. The van der Waals surface area contributed by atoms with Crippen LogP contribution in [0, 0.1) is 13.8 Å². The van der Waals surface area contributed by atoms with Crippen molar-refractivity contribution < 1.29 is 19.1 Å². The van der Waals surface area contributed by atoms with Crippen molar-refractivity contribution in [1.82, 2.24) is 10.2 Å². The van der Waals surface area contributed by atoms with Gasteiger partial charge in [-0.05, 0) is 59.2 Å². The number of amides is 4. The van der Waals surface area contributed by atoms with Crippen LogP contribution in [-0.2, 0) is 20.5 Å². The van der Waals surface area contributed by atoms with Gasteiger partial charge in [0.15, 0.2) is 5.54 Å². The van der Waals surface area contributed by atoms with Gasteiger partial charge in [-0.1, -0.05) is 75.4 Å². The molecule has 1 aliphatic rings. The quantitative estimate of drug-likeness (QED) is 0.465. The average molecular weight is 500 g/mol. The normalized spacial score (nSPS) is 17.5. The number of benzene rings is 3. The van der Waals surface area contributed by atoms with E-state index in [4.69, 9.17) is 4.74 Å². The minimum absolute atomic E-state index is 0.141. The number of rotatable bonds is 6. The first-order valence-corrected chi connectivity index (χ1v) is 12.2. The van der Waals surface area contributed by atoms with E-state index < -0.39 is 29.9 Å². The van der Waals surface area contributed by atoms with Crippen LogP contribution in [0.2, 0.25) is 0 Å². The van der Waals surface area contributed by atoms with E-state index in [1.807, 2.05) is 62.4 Å². The number of urea groups is 1. The number of hydrogen-bond donors (Lipinski definition) is 2. The Bertz CT molecular complexity index is 1360. The number of carbonyl (C=O) groups excluding carboxylic acids is 3. The largest absolute Gasteiger partial charge is 0.495 e. The zero-order valence-corrected chi connectivity index (χ0v) is 22.1. The lowest BCUT2D eigenvalue weighted by Gasteiger charge is -2.28. The third kappa shape index (κ3) is 4.81. The monoisotopic (exact) mass is 499 g/mol. The number of carbonyl (C=O) groups is 3. The Labute approximate surface area is 217 Å². The van der Waals surface area contributed by atoms with Gasteiger partial charge in [0.2, 0.25) is 5.91 Å². The molecule has 3 aromatic rings. The Balaban J connectivity index is 1.67. The summed E-state index contributed by atoms with van der Waals surface area (Å²) in [5.74, 6) is -0.512. The highest BCUT2D eigenvalue weighted by molar-refractivity contribution is 6.12. The number of nitrogens with zero attached hydrogens (tertiary/aromatic N) is 1. The van der Waals surface area contributed by atoms with Gasteiger partial charge >= 0.3 is 6.03 Å². The Hall–Kier alpha value is -4.13. The molecule has 2 N–H and O–H groups in total. The smallest absolute Gasteiger partial charge is 0.326 e. The molecule has 4 rings (SSSR count). The molecule has 0 unspecified atom stereocenters. The van der Waals surface area contributed by atoms with Gasteiger partial charge in [-0.2, -0.15) is 0 Å². The van der Waals surface area contributed by atoms with Gasteiger partial charge in [-0.3, -0.25) is 14.5 Å². The molecule has 3 aromatic carbocycles. The zero-order valence-electron chi connectivity index (χ0n) is 22.1. The van der Waals surface area contributed by atoms with Crippen LogP contribution in [0.5, 0.6) is 5.75 Å². The molecule has 0 aliphatic carbocycles. The van der Waals surface area contributed by atoms with E-state index in [2.05, 4.69) is 31.4 Å². The van der Waals surface area contributed by atoms with Crippen LogP contribution in [0.25, 0.3) is 0 Å². The lowest BCUT2D eigenvalue weighted by molar-refractivity contribution is -0.133. The fourth-order valence-corrected chi connectivity index (χ4v) is 4.55. The van der Waals surface area contributed by atoms with Gasteiger partial charge in [0, 0.05) is 0 Å². The molecule has 0 aromatic heterocycles. The molecule has 0 radical (unpaired) electrons. The van der Waals surface area contributed by atoms with Crippen LogP contribution in [0.15, 0.2) is 66.7 Å². The lowest BCUT2D eigenvalue weighted by atomic mass is 9.81. The van der Waals surface area contributed by atoms with Gasteiger partial charge < -0.3 is 15.4 Å². The molecule has 1 heterocycles. The molecule has 37 heavy (non-hydrogen) atoms. The molecule has 192 valence electrons. The SMILES string of the molecule is COc1ccc(C(C)(C)C)cc1NC(=O)CN1C(=O)N[C@](c2ccccc2)(c2ccc(C)c(C)c2)C1=O. The van der Waals surface area contributed by atoms with Crippen LogP contribution < -0.4 is 15.4 Å². The van der Waals surface area contributed by atoms with E-state index in [0.717, 1.165) is 21.6 Å². The van der Waals surface area contributed by atoms with Crippen LogP contribution in [0.3, 0.4) is 0 Å². The van der Waals surface area contributed by atoms with Crippen LogP contribution in [0.1, 0.15) is 48.6 Å². The second kappa shape index (κ2) is 9.73. The summed E-state index contributed by atoms with van der Waals surface area (Å²) in [7, 11) is 1.52. The molecule has 7 nitrogen and oxygen atoms in total. The number of anilines is 1. The molecular weight excluding hydrogens is 466 g/mol. The maximum absolute atomic E-state index is 14.0. The summed E-state index contributed by atoms with van der Waals surface area (Å²) in [6, 6.07) is 19.8. The van der Waals surface area contributed by atoms with E-state index in [0.29, 0.717) is 22.6 Å². The topological polar surface area (TPSA) is 87.7 Å². The van der Waals surface area contributed by atoms with Crippen molar-refractivity contribution >= 4 is 23.5 Å². The summed E-state index contributed by atoms with van der Waals surface area (Å²) in [6.07, 6.45) is 0. The molecule has 0 spiro atoms. The van der Waals surface area contributed by atoms with Crippen molar-refractivity contribution in [2.75, 3.05) is 19.0 Å². The fraction of sp³-hybridized carbons (Fsp3) is 0.300. The fourth-order valence-electron chi connectivity index (χ4n) is 4.55. The number of hydrogen-bond acceptors (Lipinski definition) is 4. The van der Waals surface area contributed by atoms with Gasteiger partial charge in [-0.25, -0.2) is 4.79 Å². The Kier molecular flexibility index (Phi) is 6.82. The van der Waals surface area contributed by atoms with Crippen molar-refractivity contribution in [3.05, 3.63) is 94.5 Å². The van der Waals surface area contributed by atoms with Gasteiger partial charge in [-0.15, -0.1) is 0 Å².